The van der Waals surface area contributed by atoms with Gasteiger partial charge in [0.1, 0.15) is 6.33 Å². The number of tetrazole rings is 1. The highest BCUT2D eigenvalue weighted by Gasteiger charge is 2.24. The third-order valence-electron chi connectivity index (χ3n) is 3.91. The van der Waals surface area contributed by atoms with E-state index in [1.165, 1.54) is 11.0 Å². The van der Waals surface area contributed by atoms with Crippen molar-refractivity contribution in [2.24, 2.45) is 0 Å². The molecule has 8 nitrogen and oxygen atoms in total. The summed E-state index contributed by atoms with van der Waals surface area (Å²) in [5.74, 6) is -0.0206. The lowest BCUT2D eigenvalue weighted by Gasteiger charge is -2.35. The Hall–Kier alpha value is -2.32. The largest absolute Gasteiger partial charge is 0.392 e. The molecule has 1 saturated heterocycles. The summed E-state index contributed by atoms with van der Waals surface area (Å²) in [5.41, 5.74) is 1.26. The van der Waals surface area contributed by atoms with E-state index in [9.17, 15) is 9.90 Å². The molecule has 1 atom stereocenters. The SMILES string of the molecule is C[C@H](O)CN1CCN(C(=O)c2ccccc2-n2cnnn2)CC1. The maximum Gasteiger partial charge on any atom is 0.256 e. The monoisotopic (exact) mass is 316 g/mol. The molecule has 1 fully saturated rings. The number of piperazine rings is 1. The Morgan fingerprint density at radius 2 is 2.00 bits per heavy atom. The number of β-amino-alcohol motifs (C(OH)–C–C–N with tert-alkyl or cyclic N) is 1. The fourth-order valence-electron chi connectivity index (χ4n) is 2.80. The van der Waals surface area contributed by atoms with Crippen LogP contribution in [0.2, 0.25) is 0 Å². The molecule has 1 amide bonds. The average Bonchev–Trinajstić information content (AvgIpc) is 3.09. The minimum Gasteiger partial charge on any atom is -0.392 e. The minimum absolute atomic E-state index is 0.0206. The third kappa shape index (κ3) is 3.54. The van der Waals surface area contributed by atoms with Crippen LogP contribution in [-0.2, 0) is 0 Å². The number of para-hydroxylation sites is 1. The Labute approximate surface area is 134 Å². The van der Waals surface area contributed by atoms with E-state index in [4.69, 9.17) is 0 Å². The zero-order valence-corrected chi connectivity index (χ0v) is 13.0. The van der Waals surface area contributed by atoms with Gasteiger partial charge < -0.3 is 10.0 Å². The first-order valence-corrected chi connectivity index (χ1v) is 7.67. The lowest BCUT2D eigenvalue weighted by molar-refractivity contribution is 0.0554. The zero-order valence-electron chi connectivity index (χ0n) is 13.0. The Bertz CT molecular complexity index is 650. The maximum atomic E-state index is 12.8. The molecule has 8 heteroatoms. The lowest BCUT2D eigenvalue weighted by Crippen LogP contribution is -2.50. The molecule has 122 valence electrons. The molecule has 1 aromatic carbocycles. The molecule has 0 spiro atoms. The Morgan fingerprint density at radius 1 is 1.26 bits per heavy atom. The molecule has 0 saturated carbocycles. The van der Waals surface area contributed by atoms with Gasteiger partial charge in [0.05, 0.1) is 17.4 Å². The summed E-state index contributed by atoms with van der Waals surface area (Å²) in [4.78, 5) is 16.8. The molecule has 0 radical (unpaired) electrons. The van der Waals surface area contributed by atoms with Gasteiger partial charge in [0.15, 0.2) is 0 Å². The highest BCUT2D eigenvalue weighted by atomic mass is 16.3. The van der Waals surface area contributed by atoms with Crippen molar-refractivity contribution in [1.29, 1.82) is 0 Å². The second-order valence-electron chi connectivity index (χ2n) is 5.71. The van der Waals surface area contributed by atoms with Crippen LogP contribution in [0.25, 0.3) is 5.69 Å². The quantitative estimate of drug-likeness (QED) is 0.840. The van der Waals surface area contributed by atoms with Gasteiger partial charge in [-0.1, -0.05) is 12.1 Å². The summed E-state index contributed by atoms with van der Waals surface area (Å²) < 4.78 is 1.50. The van der Waals surface area contributed by atoms with Gasteiger partial charge in [-0.05, 0) is 29.5 Å². The lowest BCUT2D eigenvalue weighted by atomic mass is 10.1. The van der Waals surface area contributed by atoms with Gasteiger partial charge in [-0.25, -0.2) is 0 Å². The molecular weight excluding hydrogens is 296 g/mol. The summed E-state index contributed by atoms with van der Waals surface area (Å²) in [6.07, 6.45) is 1.13. The molecule has 2 heterocycles. The van der Waals surface area contributed by atoms with Crippen molar-refractivity contribution in [3.63, 3.8) is 0 Å². The zero-order chi connectivity index (χ0) is 16.2. The Morgan fingerprint density at radius 3 is 2.65 bits per heavy atom. The fraction of sp³-hybridized carbons (Fsp3) is 0.467. The molecule has 23 heavy (non-hydrogen) atoms. The van der Waals surface area contributed by atoms with Crippen LogP contribution >= 0.6 is 0 Å². The molecule has 0 unspecified atom stereocenters. The van der Waals surface area contributed by atoms with E-state index in [0.29, 0.717) is 30.9 Å². The molecule has 1 aliphatic rings. The number of benzene rings is 1. The van der Waals surface area contributed by atoms with Gasteiger partial charge in [-0.2, -0.15) is 4.68 Å². The molecule has 1 N–H and O–H groups in total. The van der Waals surface area contributed by atoms with E-state index in [2.05, 4.69) is 20.4 Å². The molecule has 1 aliphatic heterocycles. The van der Waals surface area contributed by atoms with Gasteiger partial charge in [-0.15, -0.1) is 5.10 Å². The molecule has 3 rings (SSSR count). The van der Waals surface area contributed by atoms with Crippen LogP contribution in [0, 0.1) is 0 Å². The normalized spacial score (nSPS) is 17.2. The Balaban J connectivity index is 1.73. The first-order chi connectivity index (χ1) is 11.1. The van der Waals surface area contributed by atoms with Crippen molar-refractivity contribution in [3.8, 4) is 5.69 Å². The highest BCUT2D eigenvalue weighted by molar-refractivity contribution is 5.97. The number of aliphatic hydroxyl groups is 1. The fourth-order valence-corrected chi connectivity index (χ4v) is 2.80. The van der Waals surface area contributed by atoms with Gasteiger partial charge >= 0.3 is 0 Å². The van der Waals surface area contributed by atoms with E-state index in [1.807, 2.05) is 23.1 Å². The summed E-state index contributed by atoms with van der Waals surface area (Å²) in [6.45, 7) is 5.25. The first kappa shape index (κ1) is 15.6. The van der Waals surface area contributed by atoms with E-state index >= 15 is 0 Å². The second kappa shape index (κ2) is 6.84. The number of aliphatic hydroxyl groups excluding tert-OH is 1. The molecule has 1 aromatic heterocycles. The maximum absolute atomic E-state index is 12.8. The average molecular weight is 316 g/mol. The minimum atomic E-state index is -0.349. The van der Waals surface area contributed by atoms with E-state index in [-0.39, 0.29) is 12.0 Å². The van der Waals surface area contributed by atoms with Crippen LogP contribution in [0.3, 0.4) is 0 Å². The smallest absolute Gasteiger partial charge is 0.256 e. The second-order valence-corrected chi connectivity index (χ2v) is 5.71. The summed E-state index contributed by atoms with van der Waals surface area (Å²) in [5, 5.41) is 20.6. The predicted octanol–water partition coefficient (Wildman–Crippen LogP) is -0.199. The van der Waals surface area contributed by atoms with Crippen molar-refractivity contribution in [2.75, 3.05) is 32.7 Å². The number of carbonyl (C=O) groups excluding carboxylic acids is 1. The van der Waals surface area contributed by atoms with Gasteiger partial charge in [-0.3, -0.25) is 9.69 Å². The molecule has 0 bridgehead atoms. The Kier molecular flexibility index (Phi) is 4.63. The van der Waals surface area contributed by atoms with Crippen LogP contribution in [0.5, 0.6) is 0 Å². The van der Waals surface area contributed by atoms with Crippen LogP contribution in [0.4, 0.5) is 0 Å². The number of carbonyl (C=O) groups is 1. The molecular formula is C15H20N6O2. The number of rotatable bonds is 4. The molecule has 0 aliphatic carbocycles. The third-order valence-corrected chi connectivity index (χ3v) is 3.91. The standard InChI is InChI=1S/C15H20N6O2/c1-12(22)10-19-6-8-20(9-7-19)15(23)13-4-2-3-5-14(13)21-11-16-17-18-21/h2-5,11-12,22H,6-10H2,1H3/t12-/m0/s1. The number of nitrogens with zero attached hydrogens (tertiary/aromatic N) is 6. The number of aromatic nitrogens is 4. The highest BCUT2D eigenvalue weighted by Crippen LogP contribution is 2.16. The first-order valence-electron chi connectivity index (χ1n) is 7.67. The summed E-state index contributed by atoms with van der Waals surface area (Å²) in [6, 6.07) is 7.31. The number of hydrogen-bond acceptors (Lipinski definition) is 6. The predicted molar refractivity (Wildman–Crippen MR) is 83.2 cm³/mol. The summed E-state index contributed by atoms with van der Waals surface area (Å²) in [7, 11) is 0. The van der Waals surface area contributed by atoms with E-state index in [0.717, 1.165) is 13.1 Å². The van der Waals surface area contributed by atoms with Crippen LogP contribution < -0.4 is 0 Å². The topological polar surface area (TPSA) is 87.4 Å². The van der Waals surface area contributed by atoms with E-state index < -0.39 is 0 Å². The van der Waals surface area contributed by atoms with Crippen molar-refractivity contribution < 1.29 is 9.90 Å². The number of amides is 1. The van der Waals surface area contributed by atoms with Crippen molar-refractivity contribution in [2.45, 2.75) is 13.0 Å². The van der Waals surface area contributed by atoms with Crippen LogP contribution in [0.15, 0.2) is 30.6 Å². The van der Waals surface area contributed by atoms with Gasteiger partial charge in [0.2, 0.25) is 0 Å². The van der Waals surface area contributed by atoms with Gasteiger partial charge in [0.25, 0.3) is 5.91 Å². The van der Waals surface area contributed by atoms with Crippen LogP contribution in [-0.4, -0.2) is 79.8 Å². The van der Waals surface area contributed by atoms with Crippen molar-refractivity contribution in [1.82, 2.24) is 30.0 Å². The van der Waals surface area contributed by atoms with Crippen molar-refractivity contribution in [3.05, 3.63) is 36.2 Å². The van der Waals surface area contributed by atoms with E-state index in [1.54, 1.807) is 13.0 Å². The van der Waals surface area contributed by atoms with Crippen LogP contribution in [0.1, 0.15) is 17.3 Å². The molecule has 2 aromatic rings. The number of hydrogen-bond donors (Lipinski definition) is 1. The summed E-state index contributed by atoms with van der Waals surface area (Å²) >= 11 is 0. The van der Waals surface area contributed by atoms with Gasteiger partial charge in [0, 0.05) is 32.7 Å². The van der Waals surface area contributed by atoms with Crippen molar-refractivity contribution >= 4 is 5.91 Å².